The lowest BCUT2D eigenvalue weighted by molar-refractivity contribution is 0.0698. The summed E-state index contributed by atoms with van der Waals surface area (Å²) in [4.78, 5) is 10.3. The third kappa shape index (κ3) is 14.5. The first kappa shape index (κ1) is 23.5. The fraction of sp³-hybridized carbons (Fsp3) is 0.682. The normalized spacial score (nSPS) is 10.2. The van der Waals surface area contributed by atoms with E-state index in [9.17, 15) is 4.79 Å². The zero-order valence-electron chi connectivity index (χ0n) is 16.4. The second-order valence-electron chi connectivity index (χ2n) is 6.78. The Bertz CT molecular complexity index is 420. The molecule has 0 heterocycles. The standard InChI is InChI=1S/C15H32.C7H7NO2/c1-3-5-7-9-11-13-15-14-12-10-8-6-4-2;8-6-4-2-1-3-5(6)7(9)10/h3-15H2,1-2H3;1-4H,8H2,(H,9,10). The van der Waals surface area contributed by atoms with Crippen LogP contribution in [0.5, 0.6) is 0 Å². The molecule has 0 fully saturated rings. The molecular weight excluding hydrogens is 310 g/mol. The molecule has 0 saturated carbocycles. The van der Waals surface area contributed by atoms with Crippen LogP contribution in [0.25, 0.3) is 0 Å². The van der Waals surface area contributed by atoms with Crippen molar-refractivity contribution in [3.05, 3.63) is 29.8 Å². The summed E-state index contributed by atoms with van der Waals surface area (Å²) < 4.78 is 0. The van der Waals surface area contributed by atoms with Crippen LogP contribution >= 0.6 is 0 Å². The lowest BCUT2D eigenvalue weighted by atomic mass is 10.1. The Morgan fingerprint density at radius 3 is 1.40 bits per heavy atom. The number of benzene rings is 1. The molecule has 0 spiro atoms. The van der Waals surface area contributed by atoms with Crippen molar-refractivity contribution in [2.75, 3.05) is 5.73 Å². The molecule has 0 saturated heterocycles. The first-order valence-electron chi connectivity index (χ1n) is 10.2. The van der Waals surface area contributed by atoms with Crippen molar-refractivity contribution in [1.29, 1.82) is 0 Å². The number of nitrogens with two attached hydrogens (primary N) is 1. The molecule has 3 nitrogen and oxygen atoms in total. The zero-order valence-corrected chi connectivity index (χ0v) is 16.4. The van der Waals surface area contributed by atoms with E-state index in [-0.39, 0.29) is 5.56 Å². The average Bonchev–Trinajstić information content (AvgIpc) is 2.60. The minimum Gasteiger partial charge on any atom is -0.478 e. The van der Waals surface area contributed by atoms with Crippen LogP contribution in [0.3, 0.4) is 0 Å². The van der Waals surface area contributed by atoms with Crippen LogP contribution in [0, 0.1) is 0 Å². The Hall–Kier alpha value is -1.51. The maximum absolute atomic E-state index is 10.3. The molecule has 25 heavy (non-hydrogen) atoms. The molecule has 0 aliphatic heterocycles. The van der Waals surface area contributed by atoms with E-state index in [0.29, 0.717) is 5.69 Å². The molecule has 0 radical (unpaired) electrons. The molecule has 0 amide bonds. The van der Waals surface area contributed by atoms with Crippen LogP contribution in [-0.2, 0) is 0 Å². The van der Waals surface area contributed by atoms with Crippen molar-refractivity contribution in [2.24, 2.45) is 0 Å². The number of rotatable bonds is 13. The van der Waals surface area contributed by atoms with Crippen LogP contribution in [0.1, 0.15) is 108 Å². The highest BCUT2D eigenvalue weighted by Gasteiger charge is 2.03. The van der Waals surface area contributed by atoms with Crippen LogP contribution in [0.2, 0.25) is 0 Å². The van der Waals surface area contributed by atoms with Gasteiger partial charge in [0.05, 0.1) is 5.56 Å². The maximum atomic E-state index is 10.3. The summed E-state index contributed by atoms with van der Waals surface area (Å²) in [5, 5.41) is 8.49. The summed E-state index contributed by atoms with van der Waals surface area (Å²) in [5.74, 6) is -0.988. The van der Waals surface area contributed by atoms with Gasteiger partial charge in [-0.1, -0.05) is 109 Å². The van der Waals surface area contributed by atoms with Crippen LogP contribution in [0.4, 0.5) is 5.69 Å². The second-order valence-corrected chi connectivity index (χ2v) is 6.78. The van der Waals surface area contributed by atoms with E-state index >= 15 is 0 Å². The number of hydrogen-bond acceptors (Lipinski definition) is 2. The SMILES string of the molecule is CCCCCCCCCCCCCCC.Nc1ccccc1C(=O)O. The fourth-order valence-electron chi connectivity index (χ4n) is 2.78. The third-order valence-electron chi connectivity index (χ3n) is 4.40. The quantitative estimate of drug-likeness (QED) is 0.296. The summed E-state index contributed by atoms with van der Waals surface area (Å²) in [6.07, 6.45) is 18.9. The summed E-state index contributed by atoms with van der Waals surface area (Å²) in [6, 6.07) is 6.36. The minimum atomic E-state index is -0.988. The molecule has 0 aromatic heterocycles. The van der Waals surface area contributed by atoms with E-state index in [4.69, 9.17) is 10.8 Å². The number of para-hydroxylation sites is 1. The van der Waals surface area contributed by atoms with Crippen LogP contribution in [-0.4, -0.2) is 11.1 Å². The van der Waals surface area contributed by atoms with Gasteiger partial charge in [-0.05, 0) is 12.1 Å². The Labute approximate surface area is 155 Å². The van der Waals surface area contributed by atoms with Gasteiger partial charge < -0.3 is 10.8 Å². The van der Waals surface area contributed by atoms with E-state index in [2.05, 4.69) is 13.8 Å². The van der Waals surface area contributed by atoms with Gasteiger partial charge in [0.25, 0.3) is 0 Å². The maximum Gasteiger partial charge on any atom is 0.337 e. The Morgan fingerprint density at radius 2 is 1.12 bits per heavy atom. The van der Waals surface area contributed by atoms with E-state index in [0.717, 1.165) is 0 Å². The van der Waals surface area contributed by atoms with E-state index < -0.39 is 5.97 Å². The van der Waals surface area contributed by atoms with E-state index in [1.54, 1.807) is 18.2 Å². The van der Waals surface area contributed by atoms with Crippen molar-refractivity contribution >= 4 is 11.7 Å². The highest BCUT2D eigenvalue weighted by Crippen LogP contribution is 2.12. The molecule has 144 valence electrons. The summed E-state index contributed by atoms with van der Waals surface area (Å²) in [5.41, 5.74) is 5.80. The van der Waals surface area contributed by atoms with Crippen molar-refractivity contribution in [2.45, 2.75) is 97.3 Å². The highest BCUT2D eigenvalue weighted by atomic mass is 16.4. The van der Waals surface area contributed by atoms with Gasteiger partial charge in [-0.15, -0.1) is 0 Å². The van der Waals surface area contributed by atoms with E-state index in [1.807, 2.05) is 0 Å². The number of hydrogen-bond donors (Lipinski definition) is 2. The third-order valence-corrected chi connectivity index (χ3v) is 4.40. The average molecular weight is 350 g/mol. The predicted molar refractivity (Wildman–Crippen MR) is 109 cm³/mol. The minimum absolute atomic E-state index is 0.155. The lowest BCUT2D eigenvalue weighted by Gasteiger charge is -2.01. The van der Waals surface area contributed by atoms with Gasteiger partial charge in [0.1, 0.15) is 0 Å². The van der Waals surface area contributed by atoms with Gasteiger partial charge in [-0.2, -0.15) is 0 Å². The summed E-state index contributed by atoms with van der Waals surface area (Å²) in [6.45, 7) is 4.58. The van der Waals surface area contributed by atoms with Gasteiger partial charge >= 0.3 is 5.97 Å². The molecule has 1 aromatic rings. The van der Waals surface area contributed by atoms with Crippen LogP contribution < -0.4 is 5.73 Å². The van der Waals surface area contributed by atoms with Gasteiger partial charge in [0.2, 0.25) is 0 Å². The topological polar surface area (TPSA) is 63.3 Å². The molecule has 1 rings (SSSR count). The van der Waals surface area contributed by atoms with E-state index in [1.165, 1.54) is 89.5 Å². The molecule has 0 atom stereocenters. The van der Waals surface area contributed by atoms with Crippen molar-refractivity contribution in [3.63, 3.8) is 0 Å². The van der Waals surface area contributed by atoms with Gasteiger partial charge in [0.15, 0.2) is 0 Å². The van der Waals surface area contributed by atoms with Crippen molar-refractivity contribution < 1.29 is 9.90 Å². The van der Waals surface area contributed by atoms with Gasteiger partial charge in [0, 0.05) is 5.69 Å². The monoisotopic (exact) mass is 349 g/mol. The molecule has 0 aliphatic rings. The number of nitrogen functional groups attached to an aromatic ring is 1. The predicted octanol–water partition coefficient (Wildman–Crippen LogP) is 7.06. The molecule has 0 bridgehead atoms. The highest BCUT2D eigenvalue weighted by molar-refractivity contribution is 5.93. The number of carbonyl (C=O) groups is 1. The molecule has 0 aliphatic carbocycles. The zero-order chi connectivity index (χ0) is 18.8. The smallest absolute Gasteiger partial charge is 0.337 e. The van der Waals surface area contributed by atoms with Gasteiger partial charge in [-0.3, -0.25) is 0 Å². The Kier molecular flexibility index (Phi) is 16.3. The molecular formula is C22H39NO2. The fourth-order valence-corrected chi connectivity index (χ4v) is 2.78. The largest absolute Gasteiger partial charge is 0.478 e. The number of anilines is 1. The number of unbranched alkanes of at least 4 members (excludes halogenated alkanes) is 12. The summed E-state index contributed by atoms with van der Waals surface area (Å²) >= 11 is 0. The second kappa shape index (κ2) is 17.3. The lowest BCUT2D eigenvalue weighted by Crippen LogP contribution is -2.00. The first-order valence-corrected chi connectivity index (χ1v) is 10.2. The first-order chi connectivity index (χ1) is 12.1. The van der Waals surface area contributed by atoms with Crippen LogP contribution in [0.15, 0.2) is 24.3 Å². The Morgan fingerprint density at radius 1 is 0.760 bits per heavy atom. The number of aromatic carboxylic acids is 1. The Balaban J connectivity index is 0.000000496. The van der Waals surface area contributed by atoms with Gasteiger partial charge in [-0.25, -0.2) is 4.79 Å². The van der Waals surface area contributed by atoms with Crippen molar-refractivity contribution in [1.82, 2.24) is 0 Å². The summed E-state index contributed by atoms with van der Waals surface area (Å²) in [7, 11) is 0. The number of carboxylic acid groups (broad SMARTS) is 1. The molecule has 3 heteroatoms. The molecule has 1 aromatic carbocycles. The van der Waals surface area contributed by atoms with Crippen molar-refractivity contribution in [3.8, 4) is 0 Å². The molecule has 3 N–H and O–H groups in total. The molecule has 0 unspecified atom stereocenters. The number of carboxylic acids is 1.